The number of hydrogen-bond acceptors (Lipinski definition) is 2. The third kappa shape index (κ3) is 4.78. The molecule has 0 saturated heterocycles. The number of halogens is 4. The lowest BCUT2D eigenvalue weighted by molar-refractivity contribution is -0.137. The van der Waals surface area contributed by atoms with Crippen LogP contribution in [0.5, 0.6) is 0 Å². The van der Waals surface area contributed by atoms with Crippen LogP contribution < -0.4 is 11.1 Å². The van der Waals surface area contributed by atoms with E-state index in [1.165, 1.54) is 6.08 Å². The molecule has 0 bridgehead atoms. The van der Waals surface area contributed by atoms with E-state index in [4.69, 9.17) is 5.73 Å². The first-order chi connectivity index (χ1) is 6.81. The van der Waals surface area contributed by atoms with Crippen molar-refractivity contribution in [3.05, 3.63) is 12.7 Å². The lowest BCUT2D eigenvalue weighted by atomic mass is 10.2. The lowest BCUT2D eigenvalue weighted by Crippen LogP contribution is -2.47. The van der Waals surface area contributed by atoms with Crippen LogP contribution in [0.3, 0.4) is 0 Å². The quantitative estimate of drug-likeness (QED) is 0.524. The summed E-state index contributed by atoms with van der Waals surface area (Å²) in [6, 6.07) is -1.05. The van der Waals surface area contributed by atoms with E-state index in [-0.39, 0.29) is 6.42 Å². The molecule has 7 heteroatoms. The topological polar surface area (TPSA) is 55.1 Å². The van der Waals surface area contributed by atoms with Crippen molar-refractivity contribution >= 4 is 5.91 Å². The van der Waals surface area contributed by atoms with Crippen molar-refractivity contribution in [2.75, 3.05) is 6.54 Å². The molecule has 15 heavy (non-hydrogen) atoms. The minimum Gasteiger partial charge on any atom is -0.348 e. The van der Waals surface area contributed by atoms with Crippen molar-refractivity contribution in [3.8, 4) is 0 Å². The van der Waals surface area contributed by atoms with Crippen LogP contribution in [0.15, 0.2) is 12.7 Å². The molecule has 0 aliphatic heterocycles. The van der Waals surface area contributed by atoms with Crippen LogP contribution >= 0.6 is 0 Å². The summed E-state index contributed by atoms with van der Waals surface area (Å²) in [7, 11) is 0. The van der Waals surface area contributed by atoms with E-state index in [2.05, 4.69) is 6.58 Å². The largest absolute Gasteiger partial charge is 0.348 e. The van der Waals surface area contributed by atoms with Crippen LogP contribution in [-0.4, -0.2) is 30.8 Å². The van der Waals surface area contributed by atoms with Gasteiger partial charge in [0, 0.05) is 0 Å². The van der Waals surface area contributed by atoms with Gasteiger partial charge in [-0.15, -0.1) is 6.58 Å². The van der Waals surface area contributed by atoms with Gasteiger partial charge in [-0.3, -0.25) is 4.79 Å². The van der Waals surface area contributed by atoms with E-state index in [9.17, 15) is 22.4 Å². The van der Waals surface area contributed by atoms with Gasteiger partial charge >= 0.3 is 12.3 Å². The first-order valence-electron chi connectivity index (χ1n) is 4.11. The predicted octanol–water partition coefficient (Wildman–Crippen LogP) is 0.906. The van der Waals surface area contributed by atoms with Gasteiger partial charge in [-0.2, -0.15) is 8.78 Å². The van der Waals surface area contributed by atoms with Gasteiger partial charge < -0.3 is 11.1 Å². The fourth-order valence-corrected chi connectivity index (χ4v) is 0.700. The number of hydrogen-bond donors (Lipinski definition) is 2. The van der Waals surface area contributed by atoms with Crippen molar-refractivity contribution < 1.29 is 22.4 Å². The van der Waals surface area contributed by atoms with E-state index in [0.29, 0.717) is 0 Å². The van der Waals surface area contributed by atoms with E-state index in [1.54, 1.807) is 5.32 Å². The molecule has 1 unspecified atom stereocenters. The fourth-order valence-electron chi connectivity index (χ4n) is 0.700. The second-order valence-corrected chi connectivity index (χ2v) is 2.91. The molecule has 0 aromatic heterocycles. The lowest BCUT2D eigenvalue weighted by Gasteiger charge is -2.17. The van der Waals surface area contributed by atoms with Gasteiger partial charge in [-0.05, 0) is 6.42 Å². The molecule has 0 aliphatic rings. The molecular weight excluding hydrogens is 216 g/mol. The second-order valence-electron chi connectivity index (χ2n) is 2.91. The van der Waals surface area contributed by atoms with Crippen molar-refractivity contribution in [3.63, 3.8) is 0 Å². The molecular formula is C8H12F4N2O. The standard InChI is InChI=1S/C8H12F4N2O/c1-2-3-5(13)6(15)14-4-8(11,12)7(9)10/h2,5,7H,1,3-4,13H2,(H,14,15). The molecule has 3 nitrogen and oxygen atoms in total. The Morgan fingerprint density at radius 1 is 1.53 bits per heavy atom. The third-order valence-electron chi connectivity index (χ3n) is 1.57. The number of amides is 1. The number of nitrogens with one attached hydrogen (secondary N) is 1. The minimum atomic E-state index is -4.23. The van der Waals surface area contributed by atoms with E-state index < -0.39 is 30.8 Å². The first kappa shape index (κ1) is 13.9. The van der Waals surface area contributed by atoms with Gasteiger partial charge in [0.25, 0.3) is 0 Å². The Hall–Kier alpha value is -1.11. The Morgan fingerprint density at radius 2 is 2.07 bits per heavy atom. The Bertz CT molecular complexity index is 233. The smallest absolute Gasteiger partial charge is 0.324 e. The molecule has 1 amide bonds. The summed E-state index contributed by atoms with van der Waals surface area (Å²) >= 11 is 0. The van der Waals surface area contributed by atoms with Gasteiger partial charge in [0.15, 0.2) is 0 Å². The Labute approximate surface area is 84.3 Å². The summed E-state index contributed by atoms with van der Waals surface area (Å²) in [6.07, 6.45) is -2.39. The molecule has 0 rings (SSSR count). The van der Waals surface area contributed by atoms with Crippen LogP contribution in [0.25, 0.3) is 0 Å². The summed E-state index contributed by atoms with van der Waals surface area (Å²) in [4.78, 5) is 10.9. The van der Waals surface area contributed by atoms with Crippen LogP contribution in [0.4, 0.5) is 17.6 Å². The van der Waals surface area contributed by atoms with Crippen LogP contribution in [0, 0.1) is 0 Å². The Morgan fingerprint density at radius 3 is 2.47 bits per heavy atom. The molecule has 0 aromatic rings. The maximum Gasteiger partial charge on any atom is 0.324 e. The molecule has 0 aliphatic carbocycles. The maximum atomic E-state index is 12.3. The molecule has 0 saturated carbocycles. The zero-order valence-electron chi connectivity index (χ0n) is 7.85. The number of carbonyl (C=O) groups is 1. The highest BCUT2D eigenvalue weighted by Gasteiger charge is 2.41. The summed E-state index contributed by atoms with van der Waals surface area (Å²) < 4.78 is 48.0. The third-order valence-corrected chi connectivity index (χ3v) is 1.57. The first-order valence-corrected chi connectivity index (χ1v) is 4.11. The maximum absolute atomic E-state index is 12.3. The summed E-state index contributed by atoms with van der Waals surface area (Å²) in [6.45, 7) is 1.87. The average molecular weight is 228 g/mol. The molecule has 0 radical (unpaired) electrons. The van der Waals surface area contributed by atoms with Gasteiger partial charge in [0.05, 0.1) is 12.6 Å². The van der Waals surface area contributed by atoms with Gasteiger partial charge in [0.2, 0.25) is 5.91 Å². The van der Waals surface area contributed by atoms with Crippen molar-refractivity contribution in [1.82, 2.24) is 5.32 Å². The number of rotatable bonds is 6. The molecule has 0 aromatic carbocycles. The zero-order valence-corrected chi connectivity index (χ0v) is 7.85. The highest BCUT2D eigenvalue weighted by Crippen LogP contribution is 2.21. The molecule has 88 valence electrons. The second kappa shape index (κ2) is 5.69. The van der Waals surface area contributed by atoms with E-state index >= 15 is 0 Å². The van der Waals surface area contributed by atoms with Crippen molar-refractivity contribution in [2.24, 2.45) is 5.73 Å². The van der Waals surface area contributed by atoms with E-state index in [0.717, 1.165) is 0 Å². The predicted molar refractivity (Wildman–Crippen MR) is 46.8 cm³/mol. The fraction of sp³-hybridized carbons (Fsp3) is 0.625. The number of nitrogens with two attached hydrogens (primary N) is 1. The van der Waals surface area contributed by atoms with Crippen LogP contribution in [-0.2, 0) is 4.79 Å². The Kier molecular flexibility index (Phi) is 5.27. The molecule has 0 fully saturated rings. The summed E-state index contributed by atoms with van der Waals surface area (Å²) in [5.41, 5.74) is 5.22. The highest BCUT2D eigenvalue weighted by atomic mass is 19.3. The Balaban J connectivity index is 4.05. The molecule has 0 heterocycles. The van der Waals surface area contributed by atoms with Crippen LogP contribution in [0.2, 0.25) is 0 Å². The van der Waals surface area contributed by atoms with Crippen molar-refractivity contribution in [2.45, 2.75) is 24.8 Å². The van der Waals surface area contributed by atoms with Crippen molar-refractivity contribution in [1.29, 1.82) is 0 Å². The highest BCUT2D eigenvalue weighted by molar-refractivity contribution is 5.81. The molecule has 1 atom stereocenters. The number of carbonyl (C=O) groups excluding carboxylic acids is 1. The minimum absolute atomic E-state index is 0.0894. The van der Waals surface area contributed by atoms with E-state index in [1.807, 2.05) is 0 Å². The monoisotopic (exact) mass is 228 g/mol. The average Bonchev–Trinajstić information content (AvgIpc) is 2.14. The van der Waals surface area contributed by atoms with Crippen LogP contribution in [0.1, 0.15) is 6.42 Å². The SMILES string of the molecule is C=CCC(N)C(=O)NCC(F)(F)C(F)F. The summed E-state index contributed by atoms with van der Waals surface area (Å²) in [5.74, 6) is -5.14. The summed E-state index contributed by atoms with van der Waals surface area (Å²) in [5, 5.41) is 1.65. The molecule has 3 N–H and O–H groups in total. The van der Waals surface area contributed by atoms with Gasteiger partial charge in [-0.1, -0.05) is 6.08 Å². The normalized spacial score (nSPS) is 13.7. The molecule has 0 spiro atoms. The zero-order chi connectivity index (χ0) is 12.1. The van der Waals surface area contributed by atoms with Gasteiger partial charge in [-0.25, -0.2) is 8.78 Å². The van der Waals surface area contributed by atoms with Gasteiger partial charge in [0.1, 0.15) is 0 Å². The number of alkyl halides is 4.